The molecule has 0 atom stereocenters. The third kappa shape index (κ3) is 5.51. The van der Waals surface area contributed by atoms with Gasteiger partial charge in [0.2, 0.25) is 0 Å². The Morgan fingerprint density at radius 2 is 0.891 bits per heavy atom. The molecule has 0 bridgehead atoms. The molecular formula is C61H40N2S. The van der Waals surface area contributed by atoms with Crippen LogP contribution in [0.25, 0.3) is 120 Å². The second kappa shape index (κ2) is 14.2. The first-order chi connectivity index (χ1) is 31.5. The van der Waals surface area contributed by atoms with E-state index in [-0.39, 0.29) is 5.41 Å². The van der Waals surface area contributed by atoms with E-state index in [1.165, 1.54) is 91.6 Å². The summed E-state index contributed by atoms with van der Waals surface area (Å²) in [5, 5.41) is 9.93. The third-order valence-corrected chi connectivity index (χ3v) is 14.8. The summed E-state index contributed by atoms with van der Waals surface area (Å²) in [7, 11) is 0. The summed E-state index contributed by atoms with van der Waals surface area (Å²) in [5.74, 6) is 0.714. The van der Waals surface area contributed by atoms with Gasteiger partial charge in [-0.3, -0.25) is 0 Å². The molecule has 0 unspecified atom stereocenters. The van der Waals surface area contributed by atoms with Crippen molar-refractivity contribution >= 4 is 63.8 Å². The standard InChI is InChI=1S/C61H40N2S/c1-61(2)52-35-30-37-16-6-7-19-39(37)57(52)51-27-14-25-48(59(51)61)46-32-31-44(40-20-8-9-21-41(40)46)45-33-34-47(43-23-11-10-22-42(43)45)53-36-54(63-60(62-53)38-17-4-3-5-18-38)49-26-15-29-56-58(49)50-24-12-13-28-55(50)64-56/h3-36H,1-2H3. The van der Waals surface area contributed by atoms with Crippen molar-refractivity contribution in [1.29, 1.82) is 0 Å². The molecule has 0 saturated heterocycles. The van der Waals surface area contributed by atoms with Gasteiger partial charge in [-0.05, 0) is 95.0 Å². The maximum atomic E-state index is 5.34. The van der Waals surface area contributed by atoms with Crippen molar-refractivity contribution in [2.45, 2.75) is 19.3 Å². The lowest BCUT2D eigenvalue weighted by atomic mass is 9.78. The summed E-state index contributed by atoms with van der Waals surface area (Å²) in [5.41, 5.74) is 15.3. The van der Waals surface area contributed by atoms with Gasteiger partial charge in [-0.15, -0.1) is 11.3 Å². The summed E-state index contributed by atoms with van der Waals surface area (Å²) >= 11 is 1.83. The van der Waals surface area contributed by atoms with Crippen LogP contribution in [0.1, 0.15) is 25.0 Å². The Hall–Kier alpha value is -7.72. The van der Waals surface area contributed by atoms with Gasteiger partial charge in [-0.2, -0.15) is 0 Å². The molecule has 0 N–H and O–H groups in total. The minimum Gasteiger partial charge on any atom is -0.228 e. The van der Waals surface area contributed by atoms with Crippen LogP contribution in [-0.4, -0.2) is 9.97 Å². The fraction of sp³-hybridized carbons (Fsp3) is 0.0492. The lowest BCUT2D eigenvalue weighted by molar-refractivity contribution is 0.662. The normalized spacial score (nSPS) is 13.0. The second-order valence-electron chi connectivity index (χ2n) is 17.6. The molecule has 2 heterocycles. The van der Waals surface area contributed by atoms with Crippen molar-refractivity contribution in [2.75, 3.05) is 0 Å². The molecule has 0 aliphatic heterocycles. The number of rotatable bonds is 5. The van der Waals surface area contributed by atoms with E-state index in [9.17, 15) is 0 Å². The van der Waals surface area contributed by atoms with E-state index in [4.69, 9.17) is 9.97 Å². The minimum absolute atomic E-state index is 0.164. The van der Waals surface area contributed by atoms with Gasteiger partial charge in [-0.1, -0.05) is 202 Å². The van der Waals surface area contributed by atoms with Crippen molar-refractivity contribution in [3.05, 3.63) is 217 Å². The number of nitrogens with zero attached hydrogens (tertiary/aromatic N) is 2. The molecular weight excluding hydrogens is 793 g/mol. The molecule has 64 heavy (non-hydrogen) atoms. The molecule has 1 aliphatic rings. The maximum Gasteiger partial charge on any atom is 0.160 e. The van der Waals surface area contributed by atoms with Gasteiger partial charge >= 0.3 is 0 Å². The van der Waals surface area contributed by atoms with Crippen molar-refractivity contribution in [3.63, 3.8) is 0 Å². The molecule has 0 fully saturated rings. The molecule has 0 radical (unpaired) electrons. The zero-order chi connectivity index (χ0) is 42.5. The topological polar surface area (TPSA) is 25.8 Å². The van der Waals surface area contributed by atoms with Gasteiger partial charge in [0.1, 0.15) is 0 Å². The third-order valence-electron chi connectivity index (χ3n) is 13.7. The van der Waals surface area contributed by atoms with E-state index in [2.05, 4.69) is 214 Å². The number of hydrogen-bond donors (Lipinski definition) is 0. The predicted octanol–water partition coefficient (Wildman–Crippen LogP) is 16.9. The monoisotopic (exact) mass is 832 g/mol. The van der Waals surface area contributed by atoms with Gasteiger partial charge in [0, 0.05) is 42.3 Å². The van der Waals surface area contributed by atoms with Crippen molar-refractivity contribution in [3.8, 4) is 67.3 Å². The van der Waals surface area contributed by atoms with E-state index in [1.54, 1.807) is 0 Å². The molecule has 12 aromatic rings. The zero-order valence-corrected chi connectivity index (χ0v) is 36.2. The largest absolute Gasteiger partial charge is 0.228 e. The highest BCUT2D eigenvalue weighted by Gasteiger charge is 2.38. The minimum atomic E-state index is -0.164. The van der Waals surface area contributed by atoms with Gasteiger partial charge in [0.25, 0.3) is 0 Å². The SMILES string of the molecule is CC1(C)c2ccc3ccccc3c2-c2cccc(-c3ccc(-c4ccc(-c5cc(-c6cccc7sc8ccccc8c67)nc(-c6ccccc6)n5)c5ccccc45)c4ccccc34)c21. The molecule has 13 rings (SSSR count). The summed E-state index contributed by atoms with van der Waals surface area (Å²) in [6.07, 6.45) is 0. The molecule has 2 nitrogen and oxygen atoms in total. The van der Waals surface area contributed by atoms with Gasteiger partial charge in [0.05, 0.1) is 11.4 Å². The fourth-order valence-corrected chi connectivity index (χ4v) is 12.0. The molecule has 2 aromatic heterocycles. The van der Waals surface area contributed by atoms with Crippen molar-refractivity contribution < 1.29 is 0 Å². The Kier molecular flexibility index (Phi) is 8.16. The van der Waals surface area contributed by atoms with Gasteiger partial charge < -0.3 is 0 Å². The van der Waals surface area contributed by atoms with Crippen molar-refractivity contribution in [2.24, 2.45) is 0 Å². The van der Waals surface area contributed by atoms with Crippen LogP contribution in [0, 0.1) is 0 Å². The van der Waals surface area contributed by atoms with Crippen LogP contribution in [0.15, 0.2) is 206 Å². The zero-order valence-electron chi connectivity index (χ0n) is 35.4. The molecule has 0 spiro atoms. The first kappa shape index (κ1) is 36.9. The fourth-order valence-electron chi connectivity index (χ4n) is 10.8. The number of aromatic nitrogens is 2. The van der Waals surface area contributed by atoms with Crippen LogP contribution in [0.2, 0.25) is 0 Å². The Morgan fingerprint density at radius 3 is 1.61 bits per heavy atom. The molecule has 3 heteroatoms. The van der Waals surface area contributed by atoms with Crippen molar-refractivity contribution in [1.82, 2.24) is 9.97 Å². The Morgan fingerprint density at radius 1 is 0.375 bits per heavy atom. The van der Waals surface area contributed by atoms with Gasteiger partial charge in [0.15, 0.2) is 5.82 Å². The lowest BCUT2D eigenvalue weighted by Crippen LogP contribution is -2.16. The smallest absolute Gasteiger partial charge is 0.160 e. The quantitative estimate of drug-likeness (QED) is 0.173. The van der Waals surface area contributed by atoms with E-state index in [0.29, 0.717) is 5.82 Å². The Bertz CT molecular complexity index is 3880. The van der Waals surface area contributed by atoms with E-state index < -0.39 is 0 Å². The lowest BCUT2D eigenvalue weighted by Gasteiger charge is -2.25. The molecule has 0 saturated carbocycles. The van der Waals surface area contributed by atoms with E-state index in [1.807, 2.05) is 17.4 Å². The second-order valence-corrected chi connectivity index (χ2v) is 18.7. The predicted molar refractivity (Wildman–Crippen MR) is 272 cm³/mol. The van der Waals surface area contributed by atoms with E-state index in [0.717, 1.165) is 33.5 Å². The van der Waals surface area contributed by atoms with Crippen LogP contribution in [0.4, 0.5) is 0 Å². The number of hydrogen-bond acceptors (Lipinski definition) is 3. The molecule has 0 amide bonds. The molecule has 1 aliphatic carbocycles. The summed E-state index contributed by atoms with van der Waals surface area (Å²) < 4.78 is 2.53. The molecule has 10 aromatic carbocycles. The van der Waals surface area contributed by atoms with Crippen LogP contribution < -0.4 is 0 Å². The Balaban J connectivity index is 0.988. The average molecular weight is 833 g/mol. The average Bonchev–Trinajstić information content (AvgIpc) is 3.85. The highest BCUT2D eigenvalue weighted by molar-refractivity contribution is 7.25. The van der Waals surface area contributed by atoms with Crippen LogP contribution >= 0.6 is 11.3 Å². The first-order valence-corrected chi connectivity index (χ1v) is 22.9. The molecule has 300 valence electrons. The summed E-state index contributed by atoms with van der Waals surface area (Å²) in [4.78, 5) is 10.6. The van der Waals surface area contributed by atoms with Crippen LogP contribution in [0.5, 0.6) is 0 Å². The number of benzene rings is 10. The first-order valence-electron chi connectivity index (χ1n) is 22.1. The summed E-state index contributed by atoms with van der Waals surface area (Å²) in [6, 6.07) is 75.3. The van der Waals surface area contributed by atoms with Gasteiger partial charge in [-0.25, -0.2) is 9.97 Å². The van der Waals surface area contributed by atoms with Crippen LogP contribution in [-0.2, 0) is 5.41 Å². The number of fused-ring (bicyclic) bond motifs is 10. The summed E-state index contributed by atoms with van der Waals surface area (Å²) in [6.45, 7) is 4.79. The van der Waals surface area contributed by atoms with E-state index >= 15 is 0 Å². The number of thiophene rings is 1. The maximum absolute atomic E-state index is 5.34. The van der Waals surface area contributed by atoms with Crippen LogP contribution in [0.3, 0.4) is 0 Å². The highest BCUT2D eigenvalue weighted by atomic mass is 32.1. The Labute approximate surface area is 375 Å². The highest BCUT2D eigenvalue weighted by Crippen LogP contribution is 2.55.